The minimum atomic E-state index is -3.74. The summed E-state index contributed by atoms with van der Waals surface area (Å²) in [7, 11) is -2.41. The lowest BCUT2D eigenvalue weighted by Gasteiger charge is -2.41. The molecule has 2 saturated carbocycles. The van der Waals surface area contributed by atoms with Gasteiger partial charge >= 0.3 is 5.97 Å². The number of para-hydroxylation sites is 2. The summed E-state index contributed by atoms with van der Waals surface area (Å²) in [4.78, 5) is 45.0. The molecule has 4 saturated heterocycles. The molecule has 2 aliphatic carbocycles. The van der Waals surface area contributed by atoms with Crippen molar-refractivity contribution in [3.63, 3.8) is 0 Å². The summed E-state index contributed by atoms with van der Waals surface area (Å²) in [6.07, 6.45) is 11.4. The number of nitrogens with zero attached hydrogens (tertiary/aromatic N) is 11. The number of sulfonamides is 1. The number of carboxylic acid groups (broad SMARTS) is 1. The first kappa shape index (κ1) is 51.1. The van der Waals surface area contributed by atoms with Crippen molar-refractivity contribution in [3.8, 4) is 11.4 Å². The summed E-state index contributed by atoms with van der Waals surface area (Å²) in [5.41, 5.74) is 7.25. The Kier molecular flexibility index (Phi) is 15.2. The number of pyridine rings is 2. The minimum Gasteiger partial charge on any atom is -0.477 e. The van der Waals surface area contributed by atoms with Gasteiger partial charge in [0.15, 0.2) is 17.0 Å². The van der Waals surface area contributed by atoms with Crippen molar-refractivity contribution in [1.29, 1.82) is 0 Å². The number of morpholine rings is 2. The number of aromatic carboxylic acids is 1. The summed E-state index contributed by atoms with van der Waals surface area (Å²) in [5, 5.41) is 22.1. The number of piperidine rings is 2. The van der Waals surface area contributed by atoms with E-state index in [2.05, 4.69) is 24.6 Å². The van der Waals surface area contributed by atoms with Gasteiger partial charge in [0.05, 0.1) is 77.1 Å². The second-order valence-electron chi connectivity index (χ2n) is 21.1. The highest BCUT2D eigenvalue weighted by Gasteiger charge is 2.36. The highest BCUT2D eigenvalue weighted by atomic mass is 32.2. The first-order valence-electron chi connectivity index (χ1n) is 27.4. The van der Waals surface area contributed by atoms with Crippen LogP contribution in [-0.4, -0.2) is 173 Å². The number of amides is 1. The van der Waals surface area contributed by atoms with Crippen LogP contribution in [0.1, 0.15) is 122 Å². The molecule has 4 aromatic heterocycles. The van der Waals surface area contributed by atoms with Gasteiger partial charge in [-0.1, -0.05) is 56.2 Å². The van der Waals surface area contributed by atoms with Crippen molar-refractivity contribution in [1.82, 2.24) is 43.6 Å². The summed E-state index contributed by atoms with van der Waals surface area (Å²) < 4.78 is 41.3. The van der Waals surface area contributed by atoms with Gasteiger partial charge in [-0.25, -0.2) is 36.8 Å². The zero-order valence-corrected chi connectivity index (χ0v) is 44.2. The number of rotatable bonds is 13. The molecule has 1 N–H and O–H groups in total. The summed E-state index contributed by atoms with van der Waals surface area (Å²) in [6, 6.07) is 24.4. The molecule has 398 valence electrons. The van der Waals surface area contributed by atoms with Gasteiger partial charge in [0.1, 0.15) is 5.69 Å². The van der Waals surface area contributed by atoms with Crippen LogP contribution in [0.25, 0.3) is 33.4 Å². The highest BCUT2D eigenvalue weighted by Crippen LogP contribution is 2.45. The van der Waals surface area contributed by atoms with Gasteiger partial charge in [0.25, 0.3) is 5.91 Å². The van der Waals surface area contributed by atoms with Crippen molar-refractivity contribution in [2.24, 2.45) is 0 Å². The van der Waals surface area contributed by atoms with Crippen molar-refractivity contribution >= 4 is 55.3 Å². The smallest absolute Gasteiger partial charge is 0.354 e. The fraction of sp³-hybridized carbons (Fsp3) is 0.536. The Labute approximate surface area is 439 Å². The number of benzene rings is 2. The number of fused-ring (bicyclic) bond motifs is 2. The normalized spacial score (nSPS) is 19.9. The van der Waals surface area contributed by atoms with Gasteiger partial charge < -0.3 is 24.4 Å². The monoisotopic (exact) mass is 1040 g/mol. The lowest BCUT2D eigenvalue weighted by atomic mass is 9.82. The first-order valence-corrected chi connectivity index (χ1v) is 29.0. The number of carbonyl (C=O) groups is 2. The fourth-order valence-electron chi connectivity index (χ4n) is 11.9. The van der Waals surface area contributed by atoms with E-state index in [9.17, 15) is 23.1 Å². The van der Waals surface area contributed by atoms with Gasteiger partial charge in [0, 0.05) is 83.3 Å². The molecule has 0 radical (unpaired) electrons. The number of anilines is 2. The summed E-state index contributed by atoms with van der Waals surface area (Å²) >= 11 is 0. The third kappa shape index (κ3) is 10.5. The zero-order valence-electron chi connectivity index (χ0n) is 43.4. The van der Waals surface area contributed by atoms with Gasteiger partial charge in [-0.2, -0.15) is 10.2 Å². The summed E-state index contributed by atoms with van der Waals surface area (Å²) in [6.45, 7) is 12.4. The van der Waals surface area contributed by atoms with E-state index in [-0.39, 0.29) is 17.1 Å². The second kappa shape index (κ2) is 22.3. The standard InChI is InChI=1S/C30H40N6O4S.C26H31N5O3/c1-3-20-41(38,39)33(2)30(37)25-21-26(35-14-12-23(13-15-35)34-16-18-40-19-17-34)27-28(22-8-7-9-22)32-36(29(27)31-25)24-10-5-4-6-11-24;32-26(33)21-17-22(30-11-9-19(10-12-30)29-13-15-34-16-14-29)23-24(18-5-4-6-18)28-31(25(23)27-21)20-7-2-1-3-8-20/h4-6,10-11,21-23H,3,7-9,12-20H2,1-2H3;1-3,7-8,17-19H,4-6,9-16H2,(H,32,33). The molecule has 0 bridgehead atoms. The van der Waals surface area contributed by atoms with Gasteiger partial charge in [-0.05, 0) is 94.2 Å². The molecule has 6 fully saturated rings. The van der Waals surface area contributed by atoms with Gasteiger partial charge in [-0.3, -0.25) is 14.6 Å². The Morgan fingerprint density at radius 2 is 1.03 bits per heavy atom. The average molecular weight is 1040 g/mol. The third-order valence-electron chi connectivity index (χ3n) is 16.6. The first-order chi connectivity index (χ1) is 36.6. The predicted octanol–water partition coefficient (Wildman–Crippen LogP) is 7.49. The SMILES string of the molecule is CCCS(=O)(=O)N(C)C(=O)c1cc(N2CCC(N3CCOCC3)CC2)c2c(C3CCC3)nn(-c3ccccc3)c2n1.O=C(O)c1cc(N2CCC(N3CCOCC3)CC2)c2c(C3CCC3)nn(-c3ccccc3)c2n1. The molecular formula is C56H71N11O7S. The van der Waals surface area contributed by atoms with Crippen LogP contribution in [0.4, 0.5) is 11.4 Å². The van der Waals surface area contributed by atoms with E-state index in [1.165, 1.54) is 19.9 Å². The quantitative estimate of drug-likeness (QED) is 0.120. The number of carboxylic acids is 1. The molecule has 2 aromatic carbocycles. The second-order valence-corrected chi connectivity index (χ2v) is 23.2. The molecule has 6 aliphatic rings. The van der Waals surface area contributed by atoms with Gasteiger partial charge in [-0.15, -0.1) is 0 Å². The molecule has 4 aliphatic heterocycles. The number of hydrogen-bond acceptors (Lipinski definition) is 14. The van der Waals surface area contributed by atoms with Crippen LogP contribution in [0.3, 0.4) is 0 Å². The topological polar surface area (TPSA) is 185 Å². The van der Waals surface area contributed by atoms with Crippen molar-refractivity contribution in [3.05, 3.63) is 95.6 Å². The summed E-state index contributed by atoms with van der Waals surface area (Å²) in [5.74, 6) is -0.946. The minimum absolute atomic E-state index is 0.0787. The van der Waals surface area contributed by atoms with Crippen molar-refractivity contribution < 1.29 is 32.6 Å². The van der Waals surface area contributed by atoms with Crippen LogP contribution in [0.5, 0.6) is 0 Å². The lowest BCUT2D eigenvalue weighted by molar-refractivity contribution is 0.0115. The fourth-order valence-corrected chi connectivity index (χ4v) is 13.0. The molecule has 8 heterocycles. The van der Waals surface area contributed by atoms with Crippen molar-refractivity contribution in [2.45, 2.75) is 101 Å². The molecule has 0 unspecified atom stereocenters. The van der Waals surface area contributed by atoms with Crippen LogP contribution in [0, 0.1) is 0 Å². The molecule has 19 heteroatoms. The van der Waals surface area contributed by atoms with Crippen LogP contribution < -0.4 is 9.80 Å². The Morgan fingerprint density at radius 3 is 1.41 bits per heavy atom. The number of aromatic nitrogens is 6. The maximum atomic E-state index is 13.7. The molecule has 75 heavy (non-hydrogen) atoms. The average Bonchev–Trinajstić information content (AvgIpc) is 3.99. The van der Waals surface area contributed by atoms with Crippen LogP contribution in [-0.2, 0) is 19.5 Å². The molecule has 6 aromatic rings. The van der Waals surface area contributed by atoms with Gasteiger partial charge in [0.2, 0.25) is 10.0 Å². The number of carbonyl (C=O) groups excluding carboxylic acids is 1. The molecule has 12 rings (SSSR count). The van der Waals surface area contributed by atoms with E-state index >= 15 is 0 Å². The van der Waals surface area contributed by atoms with Crippen LogP contribution in [0.15, 0.2) is 72.8 Å². The van der Waals surface area contributed by atoms with E-state index in [0.29, 0.717) is 41.6 Å². The van der Waals surface area contributed by atoms with E-state index in [4.69, 9.17) is 24.7 Å². The highest BCUT2D eigenvalue weighted by molar-refractivity contribution is 7.89. The number of hydrogen-bond donors (Lipinski definition) is 1. The van der Waals surface area contributed by atoms with E-state index in [1.807, 2.05) is 76.1 Å². The molecule has 1 amide bonds. The molecular weight excluding hydrogens is 971 g/mol. The molecule has 0 atom stereocenters. The van der Waals surface area contributed by atoms with E-state index in [0.717, 1.165) is 179 Å². The Hall–Kier alpha value is -5.99. The van der Waals surface area contributed by atoms with E-state index in [1.54, 1.807) is 13.0 Å². The predicted molar refractivity (Wildman–Crippen MR) is 289 cm³/mol. The maximum Gasteiger partial charge on any atom is 0.354 e. The van der Waals surface area contributed by atoms with Crippen LogP contribution >= 0.6 is 0 Å². The third-order valence-corrected chi connectivity index (χ3v) is 18.5. The Morgan fingerprint density at radius 1 is 0.613 bits per heavy atom. The zero-order chi connectivity index (χ0) is 51.6. The lowest BCUT2D eigenvalue weighted by Crippen LogP contribution is -2.49. The maximum absolute atomic E-state index is 13.7. The largest absolute Gasteiger partial charge is 0.477 e. The Bertz CT molecular complexity index is 3080. The molecule has 0 spiro atoms. The van der Waals surface area contributed by atoms with Crippen molar-refractivity contribution in [2.75, 3.05) is 101 Å². The Balaban J connectivity index is 0.000000163. The number of ether oxygens (including phenoxy) is 2. The van der Waals surface area contributed by atoms with Crippen LogP contribution in [0.2, 0.25) is 0 Å². The molecule has 18 nitrogen and oxygen atoms in total. The van der Waals surface area contributed by atoms with E-state index < -0.39 is 21.9 Å².